The molecule has 7 heteroatoms. The third kappa shape index (κ3) is 5.47. The van der Waals surface area contributed by atoms with E-state index in [0.717, 1.165) is 23.1 Å². The molecular formula is C20H26N2O4S. The second-order valence-corrected chi connectivity index (χ2v) is 8.26. The standard InChI is InChI=1S/C20H26N2O4S/c1-5-17-8-6-7-9-19(17)22(27(4,24)25)15-20(23)21(2)14-16-10-12-18(26-3)13-11-16/h6-13H,5,14-15H2,1-4H3. The van der Waals surface area contributed by atoms with Crippen molar-refractivity contribution in [1.82, 2.24) is 4.90 Å². The molecule has 146 valence electrons. The van der Waals surface area contributed by atoms with Gasteiger partial charge in [-0.2, -0.15) is 0 Å². The monoisotopic (exact) mass is 390 g/mol. The van der Waals surface area contributed by atoms with Gasteiger partial charge < -0.3 is 9.64 Å². The third-order valence-electron chi connectivity index (χ3n) is 4.32. The van der Waals surface area contributed by atoms with Crippen molar-refractivity contribution in [2.75, 3.05) is 31.3 Å². The molecular weight excluding hydrogens is 364 g/mol. The number of sulfonamides is 1. The number of para-hydroxylation sites is 1. The number of likely N-dealkylation sites (N-methyl/N-ethyl adjacent to an activating group) is 1. The maximum Gasteiger partial charge on any atom is 0.243 e. The maximum absolute atomic E-state index is 12.7. The van der Waals surface area contributed by atoms with Gasteiger partial charge in [0.25, 0.3) is 0 Å². The van der Waals surface area contributed by atoms with Gasteiger partial charge in [-0.25, -0.2) is 8.42 Å². The highest BCUT2D eigenvalue weighted by Crippen LogP contribution is 2.23. The lowest BCUT2D eigenvalue weighted by Crippen LogP contribution is -2.41. The predicted octanol–water partition coefficient (Wildman–Crippen LogP) is 2.68. The van der Waals surface area contributed by atoms with E-state index in [2.05, 4.69) is 0 Å². The van der Waals surface area contributed by atoms with Crippen LogP contribution in [-0.2, 0) is 27.8 Å². The summed E-state index contributed by atoms with van der Waals surface area (Å²) >= 11 is 0. The number of hydrogen-bond acceptors (Lipinski definition) is 4. The summed E-state index contributed by atoms with van der Waals surface area (Å²) < 4.78 is 31.0. The Balaban J connectivity index is 2.17. The van der Waals surface area contributed by atoms with Crippen molar-refractivity contribution in [3.63, 3.8) is 0 Å². The first-order valence-corrected chi connectivity index (χ1v) is 10.5. The van der Waals surface area contributed by atoms with Gasteiger partial charge in [-0.15, -0.1) is 0 Å². The van der Waals surface area contributed by atoms with Crippen LogP contribution >= 0.6 is 0 Å². The fourth-order valence-corrected chi connectivity index (χ4v) is 3.65. The summed E-state index contributed by atoms with van der Waals surface area (Å²) in [5.41, 5.74) is 2.37. The fraction of sp³-hybridized carbons (Fsp3) is 0.350. The number of nitrogens with zero attached hydrogens (tertiary/aromatic N) is 2. The molecule has 0 aliphatic rings. The van der Waals surface area contributed by atoms with Crippen LogP contribution in [-0.4, -0.2) is 46.2 Å². The Labute approximate surface area is 161 Å². The number of carbonyl (C=O) groups excluding carboxylic acids is 1. The normalized spacial score (nSPS) is 11.1. The quantitative estimate of drug-likeness (QED) is 0.695. The summed E-state index contributed by atoms with van der Waals surface area (Å²) in [6, 6.07) is 14.7. The second kappa shape index (κ2) is 8.90. The Morgan fingerprint density at radius 3 is 2.26 bits per heavy atom. The minimum Gasteiger partial charge on any atom is -0.497 e. The molecule has 0 saturated carbocycles. The number of amides is 1. The van der Waals surface area contributed by atoms with Gasteiger partial charge in [-0.05, 0) is 35.7 Å². The minimum atomic E-state index is -3.59. The molecule has 1 amide bonds. The number of ether oxygens (including phenoxy) is 1. The Bertz CT molecular complexity index is 879. The summed E-state index contributed by atoms with van der Waals surface area (Å²) in [6.45, 7) is 2.11. The van der Waals surface area contributed by atoms with Crippen LogP contribution in [0.1, 0.15) is 18.1 Å². The van der Waals surface area contributed by atoms with E-state index in [4.69, 9.17) is 4.74 Å². The lowest BCUT2D eigenvalue weighted by molar-refractivity contribution is -0.128. The first-order chi connectivity index (χ1) is 12.8. The maximum atomic E-state index is 12.7. The summed E-state index contributed by atoms with van der Waals surface area (Å²) in [5.74, 6) is 0.467. The molecule has 27 heavy (non-hydrogen) atoms. The van der Waals surface area contributed by atoms with Crippen LogP contribution in [0.3, 0.4) is 0 Å². The van der Waals surface area contributed by atoms with Crippen molar-refractivity contribution in [2.45, 2.75) is 19.9 Å². The number of anilines is 1. The van der Waals surface area contributed by atoms with E-state index in [-0.39, 0.29) is 12.5 Å². The minimum absolute atomic E-state index is 0.234. The topological polar surface area (TPSA) is 66.9 Å². The number of rotatable bonds is 8. The average molecular weight is 391 g/mol. The van der Waals surface area contributed by atoms with Crippen molar-refractivity contribution < 1.29 is 17.9 Å². The smallest absolute Gasteiger partial charge is 0.243 e. The van der Waals surface area contributed by atoms with Gasteiger partial charge in [0.2, 0.25) is 15.9 Å². The molecule has 2 rings (SSSR count). The molecule has 0 spiro atoms. The largest absolute Gasteiger partial charge is 0.497 e. The molecule has 0 atom stereocenters. The molecule has 0 heterocycles. The summed E-state index contributed by atoms with van der Waals surface area (Å²) in [4.78, 5) is 14.2. The predicted molar refractivity (Wildman–Crippen MR) is 107 cm³/mol. The van der Waals surface area contributed by atoms with Crippen LogP contribution in [0.25, 0.3) is 0 Å². The molecule has 0 aromatic heterocycles. The van der Waals surface area contributed by atoms with Gasteiger partial charge in [-0.1, -0.05) is 37.3 Å². The molecule has 6 nitrogen and oxygen atoms in total. The summed E-state index contributed by atoms with van der Waals surface area (Å²) in [6.07, 6.45) is 1.80. The van der Waals surface area contributed by atoms with Crippen LogP contribution < -0.4 is 9.04 Å². The molecule has 0 bridgehead atoms. The Morgan fingerprint density at radius 1 is 1.07 bits per heavy atom. The molecule has 0 aliphatic heterocycles. The summed E-state index contributed by atoms with van der Waals surface area (Å²) in [7, 11) is -0.330. The van der Waals surface area contributed by atoms with E-state index in [1.54, 1.807) is 26.3 Å². The van der Waals surface area contributed by atoms with Crippen LogP contribution in [0, 0.1) is 0 Å². The van der Waals surface area contributed by atoms with Gasteiger partial charge in [0, 0.05) is 13.6 Å². The van der Waals surface area contributed by atoms with Gasteiger partial charge in [0.15, 0.2) is 0 Å². The van der Waals surface area contributed by atoms with Crippen molar-refractivity contribution in [3.05, 3.63) is 59.7 Å². The number of aryl methyl sites for hydroxylation is 1. The zero-order valence-corrected chi connectivity index (χ0v) is 17.0. The highest BCUT2D eigenvalue weighted by atomic mass is 32.2. The van der Waals surface area contributed by atoms with E-state index in [0.29, 0.717) is 18.7 Å². The first-order valence-electron chi connectivity index (χ1n) is 8.68. The SMILES string of the molecule is CCc1ccccc1N(CC(=O)N(C)Cc1ccc(OC)cc1)S(C)(=O)=O. The number of methoxy groups -OCH3 is 1. The Hall–Kier alpha value is -2.54. The van der Waals surface area contributed by atoms with Gasteiger partial charge >= 0.3 is 0 Å². The van der Waals surface area contributed by atoms with E-state index in [1.807, 2.05) is 43.3 Å². The highest BCUT2D eigenvalue weighted by molar-refractivity contribution is 7.92. The lowest BCUT2D eigenvalue weighted by Gasteiger charge is -2.26. The highest BCUT2D eigenvalue weighted by Gasteiger charge is 2.24. The molecule has 0 saturated heterocycles. The van der Waals surface area contributed by atoms with Crippen molar-refractivity contribution >= 4 is 21.6 Å². The van der Waals surface area contributed by atoms with E-state index >= 15 is 0 Å². The molecule has 0 fully saturated rings. The Morgan fingerprint density at radius 2 is 1.70 bits per heavy atom. The first kappa shape index (κ1) is 20.8. The molecule has 2 aromatic rings. The number of carbonyl (C=O) groups is 1. The molecule has 0 radical (unpaired) electrons. The van der Waals surface area contributed by atoms with Crippen molar-refractivity contribution in [1.29, 1.82) is 0 Å². The van der Waals surface area contributed by atoms with Crippen LogP contribution in [0.5, 0.6) is 5.75 Å². The van der Waals surface area contributed by atoms with E-state index in [9.17, 15) is 13.2 Å². The van der Waals surface area contributed by atoms with Crippen LogP contribution in [0.15, 0.2) is 48.5 Å². The van der Waals surface area contributed by atoms with Crippen molar-refractivity contribution in [2.24, 2.45) is 0 Å². The lowest BCUT2D eigenvalue weighted by atomic mass is 10.1. The average Bonchev–Trinajstić information content (AvgIpc) is 2.65. The number of benzene rings is 2. The zero-order chi connectivity index (χ0) is 20.0. The number of hydrogen-bond donors (Lipinski definition) is 0. The van der Waals surface area contributed by atoms with Gasteiger partial charge in [0.05, 0.1) is 19.1 Å². The van der Waals surface area contributed by atoms with E-state index < -0.39 is 10.0 Å². The Kier molecular flexibility index (Phi) is 6.85. The third-order valence-corrected chi connectivity index (χ3v) is 5.45. The van der Waals surface area contributed by atoms with Crippen LogP contribution in [0.4, 0.5) is 5.69 Å². The second-order valence-electron chi connectivity index (χ2n) is 6.35. The van der Waals surface area contributed by atoms with Gasteiger partial charge in [0.1, 0.15) is 12.3 Å². The molecule has 0 unspecified atom stereocenters. The van der Waals surface area contributed by atoms with Crippen LogP contribution in [0.2, 0.25) is 0 Å². The zero-order valence-electron chi connectivity index (χ0n) is 16.2. The summed E-state index contributed by atoms with van der Waals surface area (Å²) in [5, 5.41) is 0. The molecule has 2 aromatic carbocycles. The van der Waals surface area contributed by atoms with E-state index in [1.165, 1.54) is 9.21 Å². The van der Waals surface area contributed by atoms with Gasteiger partial charge in [-0.3, -0.25) is 9.10 Å². The van der Waals surface area contributed by atoms with Crippen molar-refractivity contribution in [3.8, 4) is 5.75 Å². The fourth-order valence-electron chi connectivity index (χ4n) is 2.77. The molecule has 0 aliphatic carbocycles. The molecule has 0 N–H and O–H groups in total.